The normalized spacial score (nSPS) is 19.0. The third-order valence-corrected chi connectivity index (χ3v) is 3.50. The third-order valence-electron chi connectivity index (χ3n) is 3.50. The predicted octanol–water partition coefficient (Wildman–Crippen LogP) is 0.695. The zero-order chi connectivity index (χ0) is 16.5. The van der Waals surface area contributed by atoms with E-state index in [9.17, 15) is 0 Å². The zero-order valence-corrected chi connectivity index (χ0v) is 13.9. The molecule has 0 radical (unpaired) electrons. The van der Waals surface area contributed by atoms with Crippen LogP contribution in [-0.4, -0.2) is 67.4 Å². The average molecular weight is 326 g/mol. The number of hydrogen-bond donors (Lipinski definition) is 1. The van der Waals surface area contributed by atoms with Crippen molar-refractivity contribution in [1.29, 1.82) is 0 Å². The molecule has 1 N–H and O–H groups in total. The molecule has 2 heterocycles. The van der Waals surface area contributed by atoms with Crippen LogP contribution in [0, 0.1) is 0 Å². The summed E-state index contributed by atoms with van der Waals surface area (Å²) >= 11 is 0. The van der Waals surface area contributed by atoms with Crippen LogP contribution in [-0.2, 0) is 31.0 Å². The topological polar surface area (TPSA) is 82.9 Å². The summed E-state index contributed by atoms with van der Waals surface area (Å²) in [7, 11) is 0. The van der Waals surface area contributed by atoms with Gasteiger partial charge in [-0.25, -0.2) is 9.97 Å². The smallest absolute Gasteiger partial charge is 0.136 e. The summed E-state index contributed by atoms with van der Waals surface area (Å²) in [6.07, 6.45) is 1.68. The highest BCUT2D eigenvalue weighted by molar-refractivity contribution is 5.09. The Morgan fingerprint density at radius 2 is 2.13 bits per heavy atom. The molecule has 0 spiro atoms. The van der Waals surface area contributed by atoms with Crippen LogP contribution in [0.5, 0.6) is 0 Å². The highest BCUT2D eigenvalue weighted by Crippen LogP contribution is 2.19. The second-order valence-corrected chi connectivity index (χ2v) is 6.11. The summed E-state index contributed by atoms with van der Waals surface area (Å²) in [5.74, 6) is 0.665. The maximum Gasteiger partial charge on any atom is 0.136 e. The maximum absolute atomic E-state index is 9.15. The van der Waals surface area contributed by atoms with Crippen LogP contribution in [0.4, 0.5) is 0 Å². The Kier molecular flexibility index (Phi) is 7.32. The van der Waals surface area contributed by atoms with Crippen molar-refractivity contribution in [3.8, 4) is 0 Å². The van der Waals surface area contributed by atoms with Gasteiger partial charge in [0.15, 0.2) is 0 Å². The van der Waals surface area contributed by atoms with E-state index in [0.717, 1.165) is 0 Å². The standard InChI is InChI=1S/C16H26N2O5/c1-16(2,15-17-4-3-13(9-19)18-15)12-22-6-5-20-10-14-11-21-7-8-23-14/h3-4,14,19H,5-12H2,1-2H3/t14-/m0/s1. The van der Waals surface area contributed by atoms with E-state index in [-0.39, 0.29) is 18.1 Å². The quantitative estimate of drug-likeness (QED) is 0.669. The lowest BCUT2D eigenvalue weighted by Crippen LogP contribution is -2.33. The minimum atomic E-state index is -0.328. The van der Waals surface area contributed by atoms with Gasteiger partial charge in [-0.15, -0.1) is 0 Å². The summed E-state index contributed by atoms with van der Waals surface area (Å²) in [5, 5.41) is 9.15. The second-order valence-electron chi connectivity index (χ2n) is 6.11. The van der Waals surface area contributed by atoms with Crippen LogP contribution in [0.1, 0.15) is 25.4 Å². The average Bonchev–Trinajstić information content (AvgIpc) is 2.59. The van der Waals surface area contributed by atoms with Crippen molar-refractivity contribution in [2.24, 2.45) is 0 Å². The Morgan fingerprint density at radius 3 is 2.87 bits per heavy atom. The van der Waals surface area contributed by atoms with Gasteiger partial charge in [-0.3, -0.25) is 0 Å². The van der Waals surface area contributed by atoms with E-state index in [1.54, 1.807) is 12.3 Å². The molecule has 1 aliphatic heterocycles. The van der Waals surface area contributed by atoms with Gasteiger partial charge < -0.3 is 24.1 Å². The molecule has 1 aliphatic rings. The Labute approximate surface area is 136 Å². The first-order valence-corrected chi connectivity index (χ1v) is 7.90. The predicted molar refractivity (Wildman–Crippen MR) is 83.2 cm³/mol. The van der Waals surface area contributed by atoms with Crippen molar-refractivity contribution in [3.05, 3.63) is 23.8 Å². The number of aliphatic hydroxyl groups excluding tert-OH is 1. The van der Waals surface area contributed by atoms with Crippen molar-refractivity contribution in [1.82, 2.24) is 9.97 Å². The van der Waals surface area contributed by atoms with Gasteiger partial charge in [-0.1, -0.05) is 13.8 Å². The summed E-state index contributed by atoms with van der Waals surface area (Å²) in [4.78, 5) is 8.61. The second kappa shape index (κ2) is 9.24. The van der Waals surface area contributed by atoms with Crippen LogP contribution in [0.3, 0.4) is 0 Å². The van der Waals surface area contributed by atoms with E-state index in [4.69, 9.17) is 24.1 Å². The molecular weight excluding hydrogens is 300 g/mol. The molecule has 7 nitrogen and oxygen atoms in total. The van der Waals surface area contributed by atoms with Gasteiger partial charge >= 0.3 is 0 Å². The van der Waals surface area contributed by atoms with Crippen molar-refractivity contribution < 1.29 is 24.1 Å². The highest BCUT2D eigenvalue weighted by atomic mass is 16.6. The molecular formula is C16H26N2O5. The molecule has 130 valence electrons. The van der Waals surface area contributed by atoms with E-state index >= 15 is 0 Å². The molecule has 0 amide bonds. The SMILES string of the molecule is CC(C)(COCCOC[C@H]1COCCO1)c1nccc(CO)n1. The van der Waals surface area contributed by atoms with E-state index in [1.165, 1.54) is 0 Å². The fourth-order valence-corrected chi connectivity index (χ4v) is 2.17. The maximum atomic E-state index is 9.15. The van der Waals surface area contributed by atoms with Gasteiger partial charge in [-0.05, 0) is 6.07 Å². The molecule has 1 fully saturated rings. The number of ether oxygens (including phenoxy) is 4. The summed E-state index contributed by atoms with van der Waals surface area (Å²) in [6, 6.07) is 1.70. The molecule has 0 aromatic carbocycles. The van der Waals surface area contributed by atoms with Crippen molar-refractivity contribution >= 4 is 0 Å². The number of nitrogens with zero attached hydrogens (tertiary/aromatic N) is 2. The third kappa shape index (κ3) is 6.12. The Balaban J connectivity index is 1.64. The number of rotatable bonds is 9. The zero-order valence-electron chi connectivity index (χ0n) is 13.9. The monoisotopic (exact) mass is 326 g/mol. The van der Waals surface area contributed by atoms with Crippen LogP contribution in [0.25, 0.3) is 0 Å². The van der Waals surface area contributed by atoms with Crippen LogP contribution in [0.15, 0.2) is 12.3 Å². The molecule has 1 atom stereocenters. The molecule has 7 heteroatoms. The van der Waals surface area contributed by atoms with Gasteiger partial charge in [0.2, 0.25) is 0 Å². The van der Waals surface area contributed by atoms with Crippen molar-refractivity contribution in [2.75, 3.05) is 46.2 Å². The molecule has 1 aromatic rings. The highest BCUT2D eigenvalue weighted by Gasteiger charge is 2.24. The number of hydrogen-bond acceptors (Lipinski definition) is 7. The summed E-state index contributed by atoms with van der Waals surface area (Å²) in [5.41, 5.74) is 0.284. The largest absolute Gasteiger partial charge is 0.390 e. The van der Waals surface area contributed by atoms with E-state index in [0.29, 0.717) is 57.8 Å². The minimum absolute atomic E-state index is 0.0230. The Morgan fingerprint density at radius 1 is 1.30 bits per heavy atom. The van der Waals surface area contributed by atoms with Gasteiger partial charge in [0.05, 0.1) is 58.5 Å². The summed E-state index contributed by atoms with van der Waals surface area (Å²) < 4.78 is 22.0. The number of aromatic nitrogens is 2. The molecule has 0 saturated carbocycles. The van der Waals surface area contributed by atoms with Crippen LogP contribution >= 0.6 is 0 Å². The number of aliphatic hydroxyl groups is 1. The van der Waals surface area contributed by atoms with Gasteiger partial charge in [0.1, 0.15) is 11.9 Å². The van der Waals surface area contributed by atoms with Gasteiger partial charge in [0.25, 0.3) is 0 Å². The first-order chi connectivity index (χ1) is 11.1. The van der Waals surface area contributed by atoms with Crippen LogP contribution in [0.2, 0.25) is 0 Å². The molecule has 0 unspecified atom stereocenters. The summed E-state index contributed by atoms with van der Waals surface area (Å²) in [6.45, 7) is 7.82. The van der Waals surface area contributed by atoms with Crippen molar-refractivity contribution in [2.45, 2.75) is 32.0 Å². The molecule has 0 aliphatic carbocycles. The Bertz CT molecular complexity index is 464. The molecule has 1 saturated heterocycles. The lowest BCUT2D eigenvalue weighted by molar-refractivity contribution is -0.118. The first kappa shape index (κ1) is 18.2. The van der Waals surface area contributed by atoms with Crippen LogP contribution < -0.4 is 0 Å². The molecule has 2 rings (SSSR count). The fourth-order valence-electron chi connectivity index (χ4n) is 2.17. The molecule has 23 heavy (non-hydrogen) atoms. The molecule has 1 aromatic heterocycles. The van der Waals surface area contributed by atoms with E-state index in [2.05, 4.69) is 9.97 Å². The minimum Gasteiger partial charge on any atom is -0.390 e. The Hall–Kier alpha value is -1.12. The molecule has 0 bridgehead atoms. The lowest BCUT2D eigenvalue weighted by atomic mass is 9.93. The fraction of sp³-hybridized carbons (Fsp3) is 0.750. The van der Waals surface area contributed by atoms with Gasteiger partial charge in [-0.2, -0.15) is 0 Å². The van der Waals surface area contributed by atoms with Crippen molar-refractivity contribution in [3.63, 3.8) is 0 Å². The first-order valence-electron chi connectivity index (χ1n) is 7.90. The van der Waals surface area contributed by atoms with E-state index < -0.39 is 0 Å². The lowest BCUT2D eigenvalue weighted by Gasteiger charge is -2.24. The van der Waals surface area contributed by atoms with Gasteiger partial charge in [0, 0.05) is 11.6 Å². The van der Waals surface area contributed by atoms with E-state index in [1.807, 2.05) is 13.8 Å².